The van der Waals surface area contributed by atoms with Gasteiger partial charge in [0.15, 0.2) is 0 Å². The Balaban J connectivity index is 1.49. The first-order chi connectivity index (χ1) is 14.7. The van der Waals surface area contributed by atoms with Crippen LogP contribution in [0, 0.1) is 0 Å². The highest BCUT2D eigenvalue weighted by Crippen LogP contribution is 2.21. The smallest absolute Gasteiger partial charge is 0.241 e. The second-order valence-electron chi connectivity index (χ2n) is 7.67. The molecule has 0 N–H and O–H groups in total. The normalized spacial score (nSPS) is 16.1. The van der Waals surface area contributed by atoms with Crippen LogP contribution >= 0.6 is 11.6 Å². The summed E-state index contributed by atoms with van der Waals surface area (Å²) in [5.74, 6) is 1.17. The minimum Gasteiger partial charge on any atom is -0.379 e. The summed E-state index contributed by atoms with van der Waals surface area (Å²) in [6.45, 7) is 8.20. The summed E-state index contributed by atoms with van der Waals surface area (Å²) in [5, 5.41) is 4.82. The van der Waals surface area contributed by atoms with Crippen LogP contribution < -0.4 is 0 Å². The van der Waals surface area contributed by atoms with Crippen molar-refractivity contribution in [2.75, 3.05) is 32.8 Å². The van der Waals surface area contributed by atoms with E-state index < -0.39 is 0 Å². The number of aromatic nitrogens is 2. The Kier molecular flexibility index (Phi) is 7.12. The molecule has 0 radical (unpaired) electrons. The third kappa shape index (κ3) is 5.67. The van der Waals surface area contributed by atoms with Gasteiger partial charge >= 0.3 is 0 Å². The molecule has 1 atom stereocenters. The zero-order valence-corrected chi connectivity index (χ0v) is 18.0. The van der Waals surface area contributed by atoms with Crippen LogP contribution in [-0.2, 0) is 17.8 Å². The van der Waals surface area contributed by atoms with E-state index in [1.807, 2.05) is 30.3 Å². The predicted octanol–water partition coefficient (Wildman–Crippen LogP) is 4.11. The average molecular weight is 427 g/mol. The summed E-state index contributed by atoms with van der Waals surface area (Å²) in [6, 6.07) is 18.3. The van der Waals surface area contributed by atoms with Crippen LogP contribution in [0.15, 0.2) is 59.1 Å². The van der Waals surface area contributed by atoms with E-state index in [4.69, 9.17) is 20.9 Å². The van der Waals surface area contributed by atoms with Crippen LogP contribution in [0.4, 0.5) is 0 Å². The molecule has 7 heteroatoms. The molecule has 1 saturated heterocycles. The Morgan fingerprint density at radius 3 is 2.63 bits per heavy atom. The molecule has 2 heterocycles. The SMILES string of the molecule is CC(CN1CCOCC1)N(Cc1ccccc1)Cc1nc(-c2cccc(Cl)c2)no1. The summed E-state index contributed by atoms with van der Waals surface area (Å²) >= 11 is 6.10. The third-order valence-corrected chi connectivity index (χ3v) is 5.60. The highest BCUT2D eigenvalue weighted by Gasteiger charge is 2.22. The molecule has 0 spiro atoms. The van der Waals surface area contributed by atoms with Crippen molar-refractivity contribution >= 4 is 11.6 Å². The Morgan fingerprint density at radius 1 is 1.07 bits per heavy atom. The first-order valence-electron chi connectivity index (χ1n) is 10.3. The maximum atomic E-state index is 6.10. The molecule has 30 heavy (non-hydrogen) atoms. The molecule has 0 saturated carbocycles. The number of hydrogen-bond donors (Lipinski definition) is 0. The van der Waals surface area contributed by atoms with Gasteiger partial charge in [-0.15, -0.1) is 0 Å². The lowest BCUT2D eigenvalue weighted by atomic mass is 10.1. The highest BCUT2D eigenvalue weighted by molar-refractivity contribution is 6.30. The number of hydrogen-bond acceptors (Lipinski definition) is 6. The minimum atomic E-state index is 0.324. The van der Waals surface area contributed by atoms with Gasteiger partial charge in [0.2, 0.25) is 11.7 Å². The summed E-state index contributed by atoms with van der Waals surface area (Å²) in [6.07, 6.45) is 0. The molecule has 1 aliphatic heterocycles. The Bertz CT molecular complexity index is 928. The van der Waals surface area contributed by atoms with Crippen molar-refractivity contribution in [3.05, 3.63) is 71.1 Å². The van der Waals surface area contributed by atoms with Gasteiger partial charge in [0.05, 0.1) is 19.8 Å². The second kappa shape index (κ2) is 10.2. The van der Waals surface area contributed by atoms with E-state index in [-0.39, 0.29) is 0 Å². The molecular formula is C23H27ClN4O2. The van der Waals surface area contributed by atoms with E-state index in [2.05, 4.69) is 51.1 Å². The van der Waals surface area contributed by atoms with E-state index in [1.165, 1.54) is 5.56 Å². The van der Waals surface area contributed by atoms with Gasteiger partial charge in [-0.1, -0.05) is 59.2 Å². The van der Waals surface area contributed by atoms with Gasteiger partial charge in [-0.3, -0.25) is 9.80 Å². The lowest BCUT2D eigenvalue weighted by Crippen LogP contribution is -2.45. The van der Waals surface area contributed by atoms with Crippen LogP contribution in [-0.4, -0.2) is 58.8 Å². The van der Waals surface area contributed by atoms with Crippen LogP contribution in [0.5, 0.6) is 0 Å². The standard InChI is InChI=1S/C23H27ClN4O2/c1-18(15-27-10-12-29-13-11-27)28(16-19-6-3-2-4-7-19)17-22-25-23(26-30-22)20-8-5-9-21(24)14-20/h2-9,14,18H,10-13,15-17H2,1H3. The number of rotatable bonds is 8. The summed E-state index contributed by atoms with van der Waals surface area (Å²) in [4.78, 5) is 9.47. The van der Waals surface area contributed by atoms with Gasteiger partial charge in [-0.05, 0) is 24.6 Å². The summed E-state index contributed by atoms with van der Waals surface area (Å²) in [7, 11) is 0. The molecule has 0 bridgehead atoms. The topological polar surface area (TPSA) is 54.6 Å². The van der Waals surface area contributed by atoms with Crippen molar-refractivity contribution in [3.8, 4) is 11.4 Å². The molecule has 0 amide bonds. The van der Waals surface area contributed by atoms with Crippen LogP contribution in [0.1, 0.15) is 18.4 Å². The van der Waals surface area contributed by atoms with E-state index in [1.54, 1.807) is 0 Å². The number of benzene rings is 2. The Hall–Kier alpha value is -2.25. The molecule has 4 rings (SSSR count). The molecule has 0 aliphatic carbocycles. The molecular weight excluding hydrogens is 400 g/mol. The van der Waals surface area contributed by atoms with E-state index >= 15 is 0 Å². The van der Waals surface area contributed by atoms with E-state index in [0.717, 1.165) is 45.0 Å². The maximum absolute atomic E-state index is 6.10. The minimum absolute atomic E-state index is 0.324. The fourth-order valence-electron chi connectivity index (χ4n) is 3.70. The maximum Gasteiger partial charge on any atom is 0.241 e. The Morgan fingerprint density at radius 2 is 1.87 bits per heavy atom. The van der Waals surface area contributed by atoms with Gasteiger partial charge < -0.3 is 9.26 Å². The largest absolute Gasteiger partial charge is 0.379 e. The van der Waals surface area contributed by atoms with E-state index in [0.29, 0.717) is 29.3 Å². The van der Waals surface area contributed by atoms with Crippen molar-refractivity contribution in [1.82, 2.24) is 19.9 Å². The number of nitrogens with zero attached hydrogens (tertiary/aromatic N) is 4. The van der Waals surface area contributed by atoms with Crippen molar-refractivity contribution in [1.29, 1.82) is 0 Å². The first kappa shape index (κ1) is 21.0. The quantitative estimate of drug-likeness (QED) is 0.540. The molecule has 3 aromatic rings. The fraction of sp³-hybridized carbons (Fsp3) is 0.391. The number of morpholine rings is 1. The Labute approximate surface area is 182 Å². The van der Waals surface area contributed by atoms with Crippen molar-refractivity contribution in [3.63, 3.8) is 0 Å². The zero-order chi connectivity index (χ0) is 20.8. The van der Waals surface area contributed by atoms with Gasteiger partial charge in [0, 0.05) is 42.8 Å². The monoisotopic (exact) mass is 426 g/mol. The van der Waals surface area contributed by atoms with Gasteiger partial charge in [0.1, 0.15) is 0 Å². The molecule has 1 unspecified atom stereocenters. The zero-order valence-electron chi connectivity index (χ0n) is 17.2. The van der Waals surface area contributed by atoms with Crippen LogP contribution in [0.3, 0.4) is 0 Å². The lowest BCUT2D eigenvalue weighted by molar-refractivity contribution is 0.0214. The second-order valence-corrected chi connectivity index (χ2v) is 8.11. The van der Waals surface area contributed by atoms with Crippen LogP contribution in [0.2, 0.25) is 5.02 Å². The fourth-order valence-corrected chi connectivity index (χ4v) is 3.89. The van der Waals surface area contributed by atoms with Gasteiger partial charge in [-0.25, -0.2) is 0 Å². The van der Waals surface area contributed by atoms with Crippen LogP contribution in [0.25, 0.3) is 11.4 Å². The number of ether oxygens (including phenoxy) is 1. The van der Waals surface area contributed by atoms with Gasteiger partial charge in [-0.2, -0.15) is 4.98 Å². The van der Waals surface area contributed by atoms with Crippen molar-refractivity contribution < 1.29 is 9.26 Å². The first-order valence-corrected chi connectivity index (χ1v) is 10.7. The molecule has 158 valence electrons. The summed E-state index contributed by atoms with van der Waals surface area (Å²) < 4.78 is 11.1. The van der Waals surface area contributed by atoms with E-state index in [9.17, 15) is 0 Å². The molecule has 1 fully saturated rings. The molecule has 1 aromatic heterocycles. The van der Waals surface area contributed by atoms with Gasteiger partial charge in [0.25, 0.3) is 0 Å². The molecule has 2 aromatic carbocycles. The molecule has 6 nitrogen and oxygen atoms in total. The molecule has 1 aliphatic rings. The average Bonchev–Trinajstić information content (AvgIpc) is 3.23. The number of halogens is 1. The predicted molar refractivity (Wildman–Crippen MR) is 117 cm³/mol. The summed E-state index contributed by atoms with van der Waals surface area (Å²) in [5.41, 5.74) is 2.12. The van der Waals surface area contributed by atoms with Crippen molar-refractivity contribution in [2.45, 2.75) is 26.1 Å². The lowest BCUT2D eigenvalue weighted by Gasteiger charge is -2.34. The third-order valence-electron chi connectivity index (χ3n) is 5.37. The van der Waals surface area contributed by atoms with Crippen molar-refractivity contribution in [2.24, 2.45) is 0 Å². The highest BCUT2D eigenvalue weighted by atomic mass is 35.5.